The fourth-order valence-corrected chi connectivity index (χ4v) is 2.24. The first kappa shape index (κ1) is 19.2. The second-order valence-corrected chi connectivity index (χ2v) is 5.24. The van der Waals surface area contributed by atoms with Crippen LogP contribution in [0.2, 0.25) is 0 Å². The van der Waals surface area contributed by atoms with Crippen molar-refractivity contribution in [3.8, 4) is 5.75 Å². The summed E-state index contributed by atoms with van der Waals surface area (Å²) in [7, 11) is 0. The smallest absolute Gasteiger partial charge is 0.433 e. The van der Waals surface area contributed by atoms with Gasteiger partial charge in [-0.2, -0.15) is 18.3 Å². The van der Waals surface area contributed by atoms with Gasteiger partial charge in [0.25, 0.3) is 5.69 Å². The number of anilines is 1. The van der Waals surface area contributed by atoms with E-state index in [1.54, 1.807) is 6.92 Å². The van der Waals surface area contributed by atoms with E-state index < -0.39 is 34.9 Å². The van der Waals surface area contributed by atoms with Gasteiger partial charge in [-0.1, -0.05) is 0 Å². The number of ether oxygens (including phenoxy) is 1. The molecule has 0 aliphatic carbocycles. The third-order valence-corrected chi connectivity index (χ3v) is 3.24. The van der Waals surface area contributed by atoms with E-state index in [2.05, 4.69) is 10.4 Å². The third-order valence-electron chi connectivity index (χ3n) is 3.24. The summed E-state index contributed by atoms with van der Waals surface area (Å²) >= 11 is 0. The minimum absolute atomic E-state index is 0.0946. The van der Waals surface area contributed by atoms with Gasteiger partial charge in [-0.25, -0.2) is 0 Å². The second-order valence-electron chi connectivity index (χ2n) is 5.24. The number of aromatic nitrogens is 2. The number of nitro groups is 1. The maximum Gasteiger partial charge on any atom is 0.433 e. The van der Waals surface area contributed by atoms with Crippen molar-refractivity contribution in [3.63, 3.8) is 0 Å². The number of nitrogens with one attached hydrogen (secondary N) is 1. The number of alkyl halides is 3. The average molecular weight is 372 g/mol. The van der Waals surface area contributed by atoms with E-state index in [1.165, 1.54) is 19.1 Å². The molecule has 11 heteroatoms. The number of carbonyl (C=O) groups is 1. The highest BCUT2D eigenvalue weighted by molar-refractivity contribution is 5.93. The summed E-state index contributed by atoms with van der Waals surface area (Å²) in [6.45, 7) is 2.61. The lowest BCUT2D eigenvalue weighted by Crippen LogP contribution is -2.24. The Morgan fingerprint density at radius 1 is 1.38 bits per heavy atom. The standard InChI is InChI=1S/C15H15F3N4O4/c1-3-26-10-4-5-11(12(7-10)22(24)25)19-14(23)8-21-13(15(16,17)18)6-9(2)20-21/h4-7H,3,8H2,1-2H3,(H,19,23). The Morgan fingerprint density at radius 3 is 2.65 bits per heavy atom. The maximum atomic E-state index is 12.9. The lowest BCUT2D eigenvalue weighted by atomic mass is 10.2. The fraction of sp³-hybridized carbons (Fsp3) is 0.333. The molecule has 2 rings (SSSR count). The van der Waals surface area contributed by atoms with Gasteiger partial charge < -0.3 is 10.1 Å². The largest absolute Gasteiger partial charge is 0.494 e. The van der Waals surface area contributed by atoms with Gasteiger partial charge in [0.1, 0.15) is 23.7 Å². The van der Waals surface area contributed by atoms with Crippen molar-refractivity contribution < 1.29 is 27.6 Å². The number of rotatable bonds is 6. The van der Waals surface area contributed by atoms with Crippen LogP contribution < -0.4 is 10.1 Å². The lowest BCUT2D eigenvalue weighted by molar-refractivity contribution is -0.384. The van der Waals surface area contributed by atoms with Crippen LogP contribution >= 0.6 is 0 Å². The normalized spacial score (nSPS) is 11.3. The lowest BCUT2D eigenvalue weighted by Gasteiger charge is -2.11. The van der Waals surface area contributed by atoms with E-state index in [0.717, 1.165) is 12.1 Å². The molecule has 0 saturated heterocycles. The topological polar surface area (TPSA) is 99.3 Å². The third kappa shape index (κ3) is 4.49. The molecule has 140 valence electrons. The van der Waals surface area contributed by atoms with Crippen molar-refractivity contribution in [3.05, 3.63) is 45.8 Å². The molecule has 1 heterocycles. The van der Waals surface area contributed by atoms with E-state index in [4.69, 9.17) is 4.74 Å². The van der Waals surface area contributed by atoms with Gasteiger partial charge in [-0.3, -0.25) is 19.6 Å². The van der Waals surface area contributed by atoms with Crippen LogP contribution in [0.1, 0.15) is 18.3 Å². The number of carbonyl (C=O) groups excluding carboxylic acids is 1. The van der Waals surface area contributed by atoms with Crippen LogP contribution in [0.4, 0.5) is 24.5 Å². The van der Waals surface area contributed by atoms with Crippen LogP contribution in [0, 0.1) is 17.0 Å². The fourth-order valence-electron chi connectivity index (χ4n) is 2.24. The van der Waals surface area contributed by atoms with Gasteiger partial charge in [-0.05, 0) is 32.0 Å². The van der Waals surface area contributed by atoms with Crippen LogP contribution in [0.5, 0.6) is 5.75 Å². The van der Waals surface area contributed by atoms with Crippen molar-refractivity contribution in [1.82, 2.24) is 9.78 Å². The molecule has 1 aromatic heterocycles. The molecule has 0 radical (unpaired) electrons. The number of benzene rings is 1. The zero-order valence-electron chi connectivity index (χ0n) is 13.8. The molecule has 26 heavy (non-hydrogen) atoms. The molecule has 1 aromatic carbocycles. The van der Waals surface area contributed by atoms with Gasteiger partial charge in [0, 0.05) is 0 Å². The SMILES string of the molecule is CCOc1ccc(NC(=O)Cn2nc(C)cc2C(F)(F)F)c([N+](=O)[O-])c1. The molecule has 8 nitrogen and oxygen atoms in total. The molecule has 0 aliphatic heterocycles. The molecular formula is C15H15F3N4O4. The zero-order chi connectivity index (χ0) is 19.5. The molecule has 0 aliphatic rings. The number of halogens is 3. The summed E-state index contributed by atoms with van der Waals surface area (Å²) in [5.41, 5.74) is -1.57. The quantitative estimate of drug-likeness (QED) is 0.620. The summed E-state index contributed by atoms with van der Waals surface area (Å²) < 4.78 is 44.4. The molecule has 2 aromatic rings. The van der Waals surface area contributed by atoms with Gasteiger partial charge in [0.2, 0.25) is 5.91 Å². The van der Waals surface area contributed by atoms with E-state index in [-0.39, 0.29) is 17.1 Å². The van der Waals surface area contributed by atoms with Crippen molar-refractivity contribution >= 4 is 17.3 Å². The molecular weight excluding hydrogens is 357 g/mol. The Morgan fingerprint density at radius 2 is 2.08 bits per heavy atom. The Labute approximate surface area is 145 Å². The van der Waals surface area contributed by atoms with Crippen molar-refractivity contribution in [2.24, 2.45) is 0 Å². The summed E-state index contributed by atoms with van der Waals surface area (Å²) in [6, 6.07) is 4.59. The van der Waals surface area contributed by atoms with Gasteiger partial charge in [0.05, 0.1) is 23.3 Å². The molecule has 0 saturated carbocycles. The van der Waals surface area contributed by atoms with Crippen LogP contribution in [0.25, 0.3) is 0 Å². The van der Waals surface area contributed by atoms with E-state index >= 15 is 0 Å². The molecule has 0 atom stereocenters. The van der Waals surface area contributed by atoms with Gasteiger partial charge >= 0.3 is 6.18 Å². The molecule has 1 N–H and O–H groups in total. The van der Waals surface area contributed by atoms with Crippen LogP contribution in [0.15, 0.2) is 24.3 Å². The highest BCUT2D eigenvalue weighted by Crippen LogP contribution is 2.31. The first-order valence-electron chi connectivity index (χ1n) is 7.44. The second kappa shape index (κ2) is 7.42. The van der Waals surface area contributed by atoms with Gasteiger partial charge in [0.15, 0.2) is 0 Å². The summed E-state index contributed by atoms with van der Waals surface area (Å²) in [4.78, 5) is 22.5. The highest BCUT2D eigenvalue weighted by atomic mass is 19.4. The number of aryl methyl sites for hydroxylation is 1. The van der Waals surface area contributed by atoms with Crippen molar-refractivity contribution in [2.45, 2.75) is 26.6 Å². The summed E-state index contributed by atoms with van der Waals surface area (Å²) in [5.74, 6) is -0.648. The minimum Gasteiger partial charge on any atom is -0.494 e. The molecule has 0 fully saturated rings. The first-order chi connectivity index (χ1) is 12.1. The predicted molar refractivity (Wildman–Crippen MR) is 84.9 cm³/mol. The molecule has 0 unspecified atom stereocenters. The Hall–Kier alpha value is -3.11. The first-order valence-corrected chi connectivity index (χ1v) is 7.44. The number of hydrogen-bond donors (Lipinski definition) is 1. The van der Waals surface area contributed by atoms with E-state index in [9.17, 15) is 28.1 Å². The maximum absolute atomic E-state index is 12.9. The summed E-state index contributed by atoms with van der Waals surface area (Å²) in [5, 5.41) is 17.0. The van der Waals surface area contributed by atoms with E-state index in [0.29, 0.717) is 11.3 Å². The Bertz CT molecular complexity index is 833. The number of amides is 1. The van der Waals surface area contributed by atoms with Crippen molar-refractivity contribution in [2.75, 3.05) is 11.9 Å². The van der Waals surface area contributed by atoms with Gasteiger partial charge in [-0.15, -0.1) is 0 Å². The molecule has 1 amide bonds. The monoisotopic (exact) mass is 372 g/mol. The Kier molecular flexibility index (Phi) is 5.48. The predicted octanol–water partition coefficient (Wildman–Crippen LogP) is 3.16. The minimum atomic E-state index is -4.67. The number of nitrogens with zero attached hydrogens (tertiary/aromatic N) is 3. The molecule has 0 spiro atoms. The zero-order valence-corrected chi connectivity index (χ0v) is 13.8. The van der Waals surface area contributed by atoms with Crippen LogP contribution in [0.3, 0.4) is 0 Å². The average Bonchev–Trinajstić information content (AvgIpc) is 2.89. The van der Waals surface area contributed by atoms with Crippen LogP contribution in [-0.4, -0.2) is 27.2 Å². The highest BCUT2D eigenvalue weighted by Gasteiger charge is 2.35. The number of nitro benzene ring substituents is 1. The van der Waals surface area contributed by atoms with Crippen LogP contribution in [-0.2, 0) is 17.5 Å². The molecule has 0 bridgehead atoms. The van der Waals surface area contributed by atoms with Crippen molar-refractivity contribution in [1.29, 1.82) is 0 Å². The Balaban J connectivity index is 2.22. The summed E-state index contributed by atoms with van der Waals surface area (Å²) in [6.07, 6.45) is -4.67. The number of hydrogen-bond acceptors (Lipinski definition) is 5. The van der Waals surface area contributed by atoms with E-state index in [1.807, 2.05) is 0 Å².